The second-order valence-electron chi connectivity index (χ2n) is 3.71. The molecule has 96 valence electrons. The summed E-state index contributed by atoms with van der Waals surface area (Å²) in [7, 11) is 0. The van der Waals surface area contributed by atoms with Crippen molar-refractivity contribution in [3.63, 3.8) is 0 Å². The van der Waals surface area contributed by atoms with Crippen LogP contribution in [-0.4, -0.2) is 14.7 Å². The van der Waals surface area contributed by atoms with Gasteiger partial charge in [-0.05, 0) is 30.1 Å². The molecule has 0 saturated heterocycles. The number of aryl methyl sites for hydroxylation is 1. The van der Waals surface area contributed by atoms with E-state index in [1.807, 2.05) is 0 Å². The Morgan fingerprint density at radius 1 is 1.28 bits per heavy atom. The van der Waals surface area contributed by atoms with Gasteiger partial charge >= 0.3 is 6.18 Å². The lowest BCUT2D eigenvalue weighted by molar-refractivity contribution is -0.139. The van der Waals surface area contributed by atoms with E-state index in [2.05, 4.69) is 9.59 Å². The molecule has 1 N–H and O–H groups in total. The Morgan fingerprint density at radius 2 is 1.94 bits per heavy atom. The van der Waals surface area contributed by atoms with E-state index in [4.69, 9.17) is 0 Å². The summed E-state index contributed by atoms with van der Waals surface area (Å²) in [6.07, 6.45) is -5.85. The van der Waals surface area contributed by atoms with Crippen molar-refractivity contribution in [1.82, 2.24) is 9.59 Å². The lowest BCUT2D eigenvalue weighted by Crippen LogP contribution is -2.12. The number of rotatable bonds is 2. The van der Waals surface area contributed by atoms with Crippen molar-refractivity contribution in [2.24, 2.45) is 0 Å². The SMILES string of the molecule is Cc1nnsc1C(O)c1ccccc1C(F)(F)F. The molecule has 7 heteroatoms. The second kappa shape index (κ2) is 4.66. The number of aliphatic hydroxyl groups is 1. The zero-order valence-corrected chi connectivity index (χ0v) is 10.1. The summed E-state index contributed by atoms with van der Waals surface area (Å²) < 4.78 is 42.0. The Bertz CT molecular complexity index is 553. The second-order valence-corrected chi connectivity index (χ2v) is 4.50. The Morgan fingerprint density at radius 3 is 2.50 bits per heavy atom. The average Bonchev–Trinajstić information content (AvgIpc) is 2.73. The number of aliphatic hydroxyl groups excluding tert-OH is 1. The fourth-order valence-corrected chi connectivity index (χ4v) is 2.27. The minimum Gasteiger partial charge on any atom is -0.383 e. The van der Waals surface area contributed by atoms with Gasteiger partial charge in [-0.3, -0.25) is 0 Å². The highest BCUT2D eigenvalue weighted by Gasteiger charge is 2.35. The molecule has 1 aromatic heterocycles. The molecular weight excluding hydrogens is 265 g/mol. The summed E-state index contributed by atoms with van der Waals surface area (Å²) in [6, 6.07) is 4.95. The van der Waals surface area contributed by atoms with Crippen molar-refractivity contribution >= 4 is 11.5 Å². The Kier molecular flexibility index (Phi) is 3.36. The fraction of sp³-hybridized carbons (Fsp3) is 0.273. The lowest BCUT2D eigenvalue weighted by Gasteiger charge is -2.16. The topological polar surface area (TPSA) is 46.0 Å². The van der Waals surface area contributed by atoms with Gasteiger partial charge in [-0.15, -0.1) is 5.10 Å². The normalized spacial score (nSPS) is 13.6. The van der Waals surface area contributed by atoms with Crippen LogP contribution >= 0.6 is 11.5 Å². The van der Waals surface area contributed by atoms with Crippen molar-refractivity contribution in [1.29, 1.82) is 0 Å². The highest BCUT2D eigenvalue weighted by molar-refractivity contribution is 7.05. The maximum absolute atomic E-state index is 12.8. The van der Waals surface area contributed by atoms with Crippen LogP contribution in [-0.2, 0) is 6.18 Å². The molecule has 1 atom stereocenters. The van der Waals surface area contributed by atoms with Gasteiger partial charge in [0.1, 0.15) is 6.10 Å². The van der Waals surface area contributed by atoms with Crippen LogP contribution in [0.1, 0.15) is 27.8 Å². The Balaban J connectivity index is 2.49. The van der Waals surface area contributed by atoms with Crippen LogP contribution in [0.4, 0.5) is 13.2 Å². The van der Waals surface area contributed by atoms with Gasteiger partial charge in [0.2, 0.25) is 0 Å². The minimum absolute atomic E-state index is 0.181. The van der Waals surface area contributed by atoms with Crippen molar-refractivity contribution in [3.05, 3.63) is 46.0 Å². The summed E-state index contributed by atoms with van der Waals surface area (Å²) in [5, 5.41) is 13.7. The Labute approximate surface area is 105 Å². The molecule has 0 aliphatic rings. The molecule has 0 radical (unpaired) electrons. The van der Waals surface area contributed by atoms with E-state index in [0.717, 1.165) is 17.6 Å². The van der Waals surface area contributed by atoms with E-state index >= 15 is 0 Å². The van der Waals surface area contributed by atoms with Gasteiger partial charge in [-0.25, -0.2) is 0 Å². The van der Waals surface area contributed by atoms with E-state index in [-0.39, 0.29) is 5.56 Å². The molecular formula is C11H9F3N2OS. The highest BCUT2D eigenvalue weighted by Crippen LogP contribution is 2.37. The summed E-state index contributed by atoms with van der Waals surface area (Å²) in [4.78, 5) is 0.326. The number of aromatic nitrogens is 2. The maximum atomic E-state index is 12.8. The molecule has 1 unspecified atom stereocenters. The molecule has 0 saturated carbocycles. The number of nitrogens with zero attached hydrogens (tertiary/aromatic N) is 2. The zero-order valence-electron chi connectivity index (χ0n) is 9.27. The molecule has 2 aromatic rings. The molecule has 0 amide bonds. The lowest BCUT2D eigenvalue weighted by atomic mass is 10.0. The molecule has 2 rings (SSSR count). The molecule has 0 bridgehead atoms. The number of benzene rings is 1. The van der Waals surface area contributed by atoms with E-state index < -0.39 is 17.8 Å². The summed E-state index contributed by atoms with van der Waals surface area (Å²) >= 11 is 0.893. The molecule has 1 aromatic carbocycles. The summed E-state index contributed by atoms with van der Waals surface area (Å²) in [6.45, 7) is 1.60. The van der Waals surface area contributed by atoms with E-state index in [9.17, 15) is 18.3 Å². The van der Waals surface area contributed by atoms with Crippen molar-refractivity contribution in [2.45, 2.75) is 19.2 Å². The average molecular weight is 274 g/mol. The van der Waals surface area contributed by atoms with Crippen LogP contribution in [0.2, 0.25) is 0 Å². The van der Waals surface area contributed by atoms with Crippen molar-refractivity contribution in [3.8, 4) is 0 Å². The fourth-order valence-electron chi connectivity index (χ4n) is 1.62. The largest absolute Gasteiger partial charge is 0.416 e. The van der Waals surface area contributed by atoms with Crippen LogP contribution in [0.25, 0.3) is 0 Å². The van der Waals surface area contributed by atoms with Crippen LogP contribution in [0.3, 0.4) is 0 Å². The third-order valence-electron chi connectivity index (χ3n) is 2.50. The third kappa shape index (κ3) is 2.37. The maximum Gasteiger partial charge on any atom is 0.416 e. The van der Waals surface area contributed by atoms with Gasteiger partial charge in [0.25, 0.3) is 0 Å². The van der Waals surface area contributed by atoms with Gasteiger partial charge in [-0.2, -0.15) is 13.2 Å². The predicted molar refractivity (Wildman–Crippen MR) is 60.2 cm³/mol. The first kappa shape index (κ1) is 13.0. The van der Waals surface area contributed by atoms with Gasteiger partial charge < -0.3 is 5.11 Å². The van der Waals surface area contributed by atoms with Gasteiger partial charge in [0, 0.05) is 0 Å². The molecule has 18 heavy (non-hydrogen) atoms. The molecule has 3 nitrogen and oxygen atoms in total. The van der Waals surface area contributed by atoms with Gasteiger partial charge in [0.05, 0.1) is 16.1 Å². The third-order valence-corrected chi connectivity index (χ3v) is 3.37. The van der Waals surface area contributed by atoms with Gasteiger partial charge in [-0.1, -0.05) is 22.7 Å². The van der Waals surface area contributed by atoms with Crippen LogP contribution in [0.5, 0.6) is 0 Å². The molecule has 0 aliphatic heterocycles. The first-order chi connectivity index (χ1) is 8.41. The number of alkyl halides is 3. The molecule has 0 spiro atoms. The first-order valence-electron chi connectivity index (χ1n) is 5.04. The summed E-state index contributed by atoms with van der Waals surface area (Å²) in [5.74, 6) is 0. The quantitative estimate of drug-likeness (QED) is 0.915. The molecule has 1 heterocycles. The zero-order chi connectivity index (χ0) is 13.3. The molecule has 0 aliphatic carbocycles. The van der Waals surface area contributed by atoms with E-state index in [1.54, 1.807) is 6.92 Å². The minimum atomic E-state index is -4.50. The van der Waals surface area contributed by atoms with Crippen LogP contribution in [0.15, 0.2) is 24.3 Å². The Hall–Kier alpha value is -1.47. The number of hydrogen-bond donors (Lipinski definition) is 1. The van der Waals surface area contributed by atoms with E-state index in [0.29, 0.717) is 10.6 Å². The monoisotopic (exact) mass is 274 g/mol. The standard InChI is InChI=1S/C11H9F3N2OS/c1-6-10(18-16-15-6)9(17)7-4-2-3-5-8(7)11(12,13)14/h2-5,9,17H,1H3. The van der Waals surface area contributed by atoms with Gasteiger partial charge in [0.15, 0.2) is 0 Å². The molecule has 0 fully saturated rings. The number of hydrogen-bond acceptors (Lipinski definition) is 4. The van der Waals surface area contributed by atoms with Crippen LogP contribution in [0, 0.1) is 6.92 Å². The van der Waals surface area contributed by atoms with Crippen molar-refractivity contribution in [2.75, 3.05) is 0 Å². The van der Waals surface area contributed by atoms with Crippen molar-refractivity contribution < 1.29 is 18.3 Å². The number of halogens is 3. The van der Waals surface area contributed by atoms with E-state index in [1.165, 1.54) is 18.2 Å². The van der Waals surface area contributed by atoms with Crippen LogP contribution < -0.4 is 0 Å². The predicted octanol–water partition coefficient (Wildman–Crippen LogP) is 2.95. The highest BCUT2D eigenvalue weighted by atomic mass is 32.1. The smallest absolute Gasteiger partial charge is 0.383 e. The summed E-state index contributed by atoms with van der Waals surface area (Å²) in [5.41, 5.74) is -0.589. The first-order valence-corrected chi connectivity index (χ1v) is 5.81.